The van der Waals surface area contributed by atoms with Crippen LogP contribution >= 0.6 is 0 Å². The van der Waals surface area contributed by atoms with Crippen LogP contribution in [0.4, 0.5) is 10.1 Å². The van der Waals surface area contributed by atoms with E-state index in [1.807, 2.05) is 48.7 Å². The minimum atomic E-state index is -0.887. The van der Waals surface area contributed by atoms with Gasteiger partial charge in [0, 0.05) is 31.0 Å². The van der Waals surface area contributed by atoms with Gasteiger partial charge in [0.2, 0.25) is 0 Å². The fourth-order valence-corrected chi connectivity index (χ4v) is 3.53. The summed E-state index contributed by atoms with van der Waals surface area (Å²) in [4.78, 5) is 24.9. The van der Waals surface area contributed by atoms with Gasteiger partial charge in [-0.1, -0.05) is 30.3 Å². The third-order valence-corrected chi connectivity index (χ3v) is 4.81. The van der Waals surface area contributed by atoms with E-state index >= 15 is 0 Å². The Kier molecular flexibility index (Phi) is 4.19. The minimum Gasteiger partial charge on any atom is -0.348 e. The van der Waals surface area contributed by atoms with Gasteiger partial charge in [0.05, 0.1) is 22.6 Å². The normalized spacial score (nSPS) is 16.0. The maximum atomic E-state index is 14.4. The van der Waals surface area contributed by atoms with E-state index in [4.69, 9.17) is 0 Å². The van der Waals surface area contributed by atoms with Gasteiger partial charge >= 0.3 is 0 Å². The predicted octanol–water partition coefficient (Wildman–Crippen LogP) is 3.78. The first-order valence-electron chi connectivity index (χ1n) is 8.51. The smallest absolute Gasteiger partial charge is 0.272 e. The van der Waals surface area contributed by atoms with E-state index in [-0.39, 0.29) is 17.3 Å². The van der Waals surface area contributed by atoms with E-state index < -0.39 is 16.6 Å². The second-order valence-electron chi connectivity index (χ2n) is 6.36. The first kappa shape index (κ1) is 17.0. The van der Waals surface area contributed by atoms with Gasteiger partial charge in [0.1, 0.15) is 5.82 Å². The summed E-state index contributed by atoms with van der Waals surface area (Å²) in [5.74, 6) is -1.37. The first-order valence-corrected chi connectivity index (χ1v) is 8.51. The molecule has 136 valence electrons. The van der Waals surface area contributed by atoms with Crippen LogP contribution in [0.1, 0.15) is 27.7 Å². The van der Waals surface area contributed by atoms with Crippen molar-refractivity contribution >= 4 is 11.6 Å². The molecule has 1 amide bonds. The van der Waals surface area contributed by atoms with Crippen LogP contribution in [0.15, 0.2) is 66.9 Å². The number of rotatable bonds is 3. The van der Waals surface area contributed by atoms with Gasteiger partial charge in [-0.25, -0.2) is 4.39 Å². The average Bonchev–Trinajstić information content (AvgIpc) is 3.16. The molecular weight excluding hydrogens is 349 g/mol. The van der Waals surface area contributed by atoms with Gasteiger partial charge in [-0.05, 0) is 23.8 Å². The predicted molar refractivity (Wildman–Crippen MR) is 96.8 cm³/mol. The topological polar surface area (TPSA) is 68.4 Å². The number of nitro groups is 1. The van der Waals surface area contributed by atoms with Gasteiger partial charge in [-0.2, -0.15) is 0 Å². The molecule has 0 aliphatic carbocycles. The molecule has 6 nitrogen and oxygen atoms in total. The molecule has 1 aromatic heterocycles. The molecule has 3 aromatic rings. The second kappa shape index (κ2) is 6.68. The van der Waals surface area contributed by atoms with Crippen LogP contribution in [0.25, 0.3) is 0 Å². The molecule has 0 saturated heterocycles. The van der Waals surface area contributed by atoms with Crippen molar-refractivity contribution in [1.82, 2.24) is 9.47 Å². The monoisotopic (exact) mass is 365 g/mol. The van der Waals surface area contributed by atoms with Gasteiger partial charge in [-0.15, -0.1) is 0 Å². The minimum absolute atomic E-state index is 0.165. The van der Waals surface area contributed by atoms with Crippen molar-refractivity contribution in [2.45, 2.75) is 12.6 Å². The number of carbonyl (C=O) groups is 1. The van der Waals surface area contributed by atoms with Crippen molar-refractivity contribution in [2.24, 2.45) is 0 Å². The lowest BCUT2D eigenvalue weighted by atomic mass is 9.99. The van der Waals surface area contributed by atoms with Crippen molar-refractivity contribution < 1.29 is 14.1 Å². The molecule has 0 saturated carbocycles. The Hall–Kier alpha value is -3.48. The molecule has 0 spiro atoms. The number of amides is 1. The standard InChI is InChI=1S/C20H16FN3O3/c21-17-13-15(24(26)27)8-9-16(17)20(25)23-12-11-22-10-4-7-18(22)19(23)14-5-2-1-3-6-14/h1-10,13,19H,11-12H2. The Bertz CT molecular complexity index is 1020. The highest BCUT2D eigenvalue weighted by atomic mass is 19.1. The summed E-state index contributed by atoms with van der Waals surface area (Å²) in [5, 5.41) is 10.8. The highest BCUT2D eigenvalue weighted by Gasteiger charge is 2.33. The molecule has 1 aliphatic rings. The number of benzene rings is 2. The molecule has 0 radical (unpaired) electrons. The van der Waals surface area contributed by atoms with Crippen molar-refractivity contribution in [2.75, 3.05) is 6.54 Å². The van der Waals surface area contributed by atoms with Crippen LogP contribution in [-0.4, -0.2) is 26.8 Å². The Labute approximate surface area is 154 Å². The summed E-state index contributed by atoms with van der Waals surface area (Å²) in [5.41, 5.74) is 1.33. The summed E-state index contributed by atoms with van der Waals surface area (Å²) in [6.45, 7) is 1.02. The van der Waals surface area contributed by atoms with Gasteiger partial charge in [-0.3, -0.25) is 14.9 Å². The molecule has 1 atom stereocenters. The molecular formula is C20H16FN3O3. The van der Waals surface area contributed by atoms with Crippen LogP contribution < -0.4 is 0 Å². The van der Waals surface area contributed by atoms with E-state index in [0.717, 1.165) is 23.4 Å². The summed E-state index contributed by atoms with van der Waals surface area (Å²) >= 11 is 0. The largest absolute Gasteiger partial charge is 0.348 e. The third kappa shape index (κ3) is 2.97. The number of hydrogen-bond donors (Lipinski definition) is 0. The lowest BCUT2D eigenvalue weighted by molar-refractivity contribution is -0.385. The Morgan fingerprint density at radius 1 is 1.07 bits per heavy atom. The Balaban J connectivity index is 1.76. The zero-order valence-electron chi connectivity index (χ0n) is 14.3. The maximum Gasteiger partial charge on any atom is 0.272 e. The summed E-state index contributed by atoms with van der Waals surface area (Å²) in [6, 6.07) is 16.2. The Morgan fingerprint density at radius 2 is 1.85 bits per heavy atom. The zero-order chi connectivity index (χ0) is 19.0. The SMILES string of the molecule is O=C(c1ccc([N+](=O)[O-])cc1F)N1CCn2cccc2C1c1ccccc1. The van der Waals surface area contributed by atoms with E-state index in [2.05, 4.69) is 4.57 Å². The number of aromatic nitrogens is 1. The molecule has 0 bridgehead atoms. The Morgan fingerprint density at radius 3 is 2.56 bits per heavy atom. The number of fused-ring (bicyclic) bond motifs is 1. The molecule has 1 aliphatic heterocycles. The zero-order valence-corrected chi connectivity index (χ0v) is 14.3. The van der Waals surface area contributed by atoms with Crippen LogP contribution in [0.5, 0.6) is 0 Å². The van der Waals surface area contributed by atoms with Crippen molar-refractivity contribution in [3.63, 3.8) is 0 Å². The lowest BCUT2D eigenvalue weighted by Gasteiger charge is -2.37. The molecule has 1 unspecified atom stereocenters. The summed E-state index contributed by atoms with van der Waals surface area (Å²) in [6.07, 6.45) is 1.96. The van der Waals surface area contributed by atoms with E-state index in [1.165, 1.54) is 6.07 Å². The summed E-state index contributed by atoms with van der Waals surface area (Å²) in [7, 11) is 0. The van der Waals surface area contributed by atoms with Gasteiger partial charge in [0.15, 0.2) is 0 Å². The van der Waals surface area contributed by atoms with Crippen LogP contribution in [-0.2, 0) is 6.54 Å². The second-order valence-corrected chi connectivity index (χ2v) is 6.36. The van der Waals surface area contributed by atoms with E-state index in [1.54, 1.807) is 4.90 Å². The number of non-ortho nitro benzene ring substituents is 1. The molecule has 27 heavy (non-hydrogen) atoms. The number of nitro benzene ring substituents is 1. The van der Waals surface area contributed by atoms with E-state index in [0.29, 0.717) is 13.1 Å². The summed E-state index contributed by atoms with van der Waals surface area (Å²) < 4.78 is 16.5. The van der Waals surface area contributed by atoms with Crippen molar-refractivity contribution in [1.29, 1.82) is 0 Å². The molecule has 0 fully saturated rings. The molecule has 7 heteroatoms. The average molecular weight is 365 g/mol. The van der Waals surface area contributed by atoms with E-state index in [9.17, 15) is 19.3 Å². The number of halogens is 1. The van der Waals surface area contributed by atoms with Crippen molar-refractivity contribution in [3.8, 4) is 0 Å². The van der Waals surface area contributed by atoms with Gasteiger partial charge < -0.3 is 9.47 Å². The molecule has 4 rings (SSSR count). The third-order valence-electron chi connectivity index (χ3n) is 4.81. The van der Waals surface area contributed by atoms with Crippen LogP contribution in [0.3, 0.4) is 0 Å². The van der Waals surface area contributed by atoms with Gasteiger partial charge in [0.25, 0.3) is 11.6 Å². The lowest BCUT2D eigenvalue weighted by Crippen LogP contribution is -2.42. The highest BCUT2D eigenvalue weighted by Crippen LogP contribution is 2.34. The van der Waals surface area contributed by atoms with Crippen molar-refractivity contribution in [3.05, 3.63) is 99.6 Å². The quantitative estimate of drug-likeness (QED) is 0.524. The highest BCUT2D eigenvalue weighted by molar-refractivity contribution is 5.95. The fraction of sp³-hybridized carbons (Fsp3) is 0.150. The number of nitrogens with zero attached hydrogens (tertiary/aromatic N) is 3. The molecule has 0 N–H and O–H groups in total. The maximum absolute atomic E-state index is 14.4. The number of carbonyl (C=O) groups excluding carboxylic acids is 1. The molecule has 2 heterocycles. The first-order chi connectivity index (χ1) is 13.1. The molecule has 2 aromatic carbocycles. The number of hydrogen-bond acceptors (Lipinski definition) is 3. The van der Waals surface area contributed by atoms with Crippen LogP contribution in [0, 0.1) is 15.9 Å². The van der Waals surface area contributed by atoms with Crippen LogP contribution in [0.2, 0.25) is 0 Å². The fourth-order valence-electron chi connectivity index (χ4n) is 3.53.